The molecule has 3 rings (SSSR count). The molecule has 1 amide bonds. The highest BCUT2D eigenvalue weighted by Gasteiger charge is 2.40. The molecule has 1 aliphatic rings. The van der Waals surface area contributed by atoms with Gasteiger partial charge in [0, 0.05) is 11.5 Å². The zero-order valence-electron chi connectivity index (χ0n) is 15.8. The summed E-state index contributed by atoms with van der Waals surface area (Å²) in [6.45, 7) is 2.22. The summed E-state index contributed by atoms with van der Waals surface area (Å²) in [5, 5.41) is 5.37. The van der Waals surface area contributed by atoms with Crippen LogP contribution in [-0.4, -0.2) is 26.0 Å². The Kier molecular flexibility index (Phi) is 6.08. The number of hydrogen-bond donors (Lipinski definition) is 0. The quantitative estimate of drug-likeness (QED) is 0.533. The van der Waals surface area contributed by atoms with Gasteiger partial charge in [0.25, 0.3) is 0 Å². The Morgan fingerprint density at radius 1 is 1.11 bits per heavy atom. The molecule has 6 nitrogen and oxygen atoms in total. The van der Waals surface area contributed by atoms with Gasteiger partial charge in [-0.05, 0) is 30.9 Å². The number of para-hydroxylation sites is 1. The zero-order chi connectivity index (χ0) is 19.2. The minimum Gasteiger partial charge on any atom is -0.451 e. The number of anilines is 1. The predicted octanol–water partition coefficient (Wildman–Crippen LogP) is 4.52. The monoisotopic (exact) mass is 368 g/mol. The average molecular weight is 368 g/mol. The summed E-state index contributed by atoms with van der Waals surface area (Å²) in [4.78, 5) is 22.6. The summed E-state index contributed by atoms with van der Waals surface area (Å²) in [5.74, 6) is 0.947. The number of carbonyl (C=O) groups is 1. The van der Waals surface area contributed by atoms with Crippen LogP contribution in [-0.2, 0) is 21.0 Å². The van der Waals surface area contributed by atoms with Crippen molar-refractivity contribution in [1.82, 2.24) is 0 Å². The maximum atomic E-state index is 11.9. The fourth-order valence-corrected chi connectivity index (χ4v) is 3.18. The van der Waals surface area contributed by atoms with E-state index >= 15 is 0 Å². The van der Waals surface area contributed by atoms with Crippen LogP contribution in [0.1, 0.15) is 30.4 Å². The number of nitrogens with zero attached hydrogens (tertiary/aromatic N) is 2. The molecule has 0 aromatic heterocycles. The average Bonchev–Trinajstić information content (AvgIpc) is 3.51. The lowest BCUT2D eigenvalue weighted by atomic mass is 10.1. The maximum absolute atomic E-state index is 11.9. The van der Waals surface area contributed by atoms with Crippen LogP contribution in [0.2, 0.25) is 0 Å². The van der Waals surface area contributed by atoms with Crippen molar-refractivity contribution in [3.63, 3.8) is 0 Å². The van der Waals surface area contributed by atoms with Gasteiger partial charge in [-0.3, -0.25) is 4.84 Å². The smallest absolute Gasteiger partial charge is 0.438 e. The number of amides is 1. The molecule has 0 unspecified atom stereocenters. The Morgan fingerprint density at radius 2 is 1.81 bits per heavy atom. The largest absolute Gasteiger partial charge is 0.451 e. The summed E-state index contributed by atoms with van der Waals surface area (Å²) < 4.78 is 4.74. The summed E-state index contributed by atoms with van der Waals surface area (Å²) in [5.41, 5.74) is 3.67. The molecule has 0 saturated heterocycles. The second-order valence-electron chi connectivity index (χ2n) is 6.44. The van der Waals surface area contributed by atoms with Crippen LogP contribution in [0.5, 0.6) is 0 Å². The second-order valence-corrected chi connectivity index (χ2v) is 6.44. The van der Waals surface area contributed by atoms with E-state index in [-0.39, 0.29) is 6.61 Å². The number of rotatable bonds is 7. The first kappa shape index (κ1) is 18.9. The number of carbonyl (C=O) groups excluding carboxylic acids is 1. The van der Waals surface area contributed by atoms with Gasteiger partial charge in [0.1, 0.15) is 6.61 Å². The second kappa shape index (κ2) is 8.68. The summed E-state index contributed by atoms with van der Waals surface area (Å²) >= 11 is 0. The predicted molar refractivity (Wildman–Crippen MR) is 104 cm³/mol. The molecule has 1 aliphatic carbocycles. The van der Waals surface area contributed by atoms with E-state index in [1.807, 2.05) is 31.2 Å². The van der Waals surface area contributed by atoms with Gasteiger partial charge >= 0.3 is 6.09 Å². The fraction of sp³-hybridized carbons (Fsp3) is 0.333. The molecule has 1 fully saturated rings. The third-order valence-electron chi connectivity index (χ3n) is 4.72. The van der Waals surface area contributed by atoms with Crippen LogP contribution in [0.3, 0.4) is 0 Å². The van der Waals surface area contributed by atoms with Gasteiger partial charge in [-0.25, -0.2) is 4.79 Å². The molecule has 0 spiro atoms. The Hall–Kier alpha value is -2.86. The number of hydroxylamine groups is 1. The van der Waals surface area contributed by atoms with Crippen LogP contribution in [0, 0.1) is 5.92 Å². The van der Waals surface area contributed by atoms with Crippen molar-refractivity contribution < 1.29 is 19.2 Å². The van der Waals surface area contributed by atoms with Crippen LogP contribution in [0.25, 0.3) is 0 Å². The number of benzene rings is 2. The van der Waals surface area contributed by atoms with Crippen molar-refractivity contribution in [2.75, 3.05) is 19.3 Å². The first-order valence-corrected chi connectivity index (χ1v) is 8.87. The number of methoxy groups -OCH3 is 1. The van der Waals surface area contributed by atoms with Gasteiger partial charge in [0.15, 0.2) is 0 Å². The molecule has 2 aromatic carbocycles. The fourth-order valence-electron chi connectivity index (χ4n) is 3.18. The molecule has 2 atom stereocenters. The van der Waals surface area contributed by atoms with Crippen LogP contribution >= 0.6 is 0 Å². The summed E-state index contributed by atoms with van der Waals surface area (Å²) in [7, 11) is 2.72. The normalized spacial score (nSPS) is 18.7. The van der Waals surface area contributed by atoms with E-state index in [1.54, 1.807) is 6.07 Å². The standard InChI is InChI=1S/C21H24N2O4/c1-15(18-13-19(18)16-9-5-4-6-10-16)22-27-14-17-11-7-8-12-20(17)23(26-3)21(24)25-2/h4-12,18-19H,13-14H2,1-3H3/b22-15+/t18-,19-/m0/s1. The van der Waals surface area contributed by atoms with Gasteiger partial charge < -0.3 is 9.57 Å². The Balaban J connectivity index is 1.62. The zero-order valence-corrected chi connectivity index (χ0v) is 15.8. The molecule has 6 heteroatoms. The number of hydrogen-bond acceptors (Lipinski definition) is 5. The van der Waals surface area contributed by atoms with Gasteiger partial charge in [0.05, 0.1) is 25.6 Å². The van der Waals surface area contributed by atoms with Crippen LogP contribution < -0.4 is 5.06 Å². The molecule has 0 heterocycles. The van der Waals surface area contributed by atoms with Gasteiger partial charge in [-0.15, -0.1) is 0 Å². The molecule has 0 aliphatic heterocycles. The highest BCUT2D eigenvalue weighted by molar-refractivity contribution is 5.88. The van der Waals surface area contributed by atoms with Crippen LogP contribution in [0.15, 0.2) is 59.8 Å². The first-order valence-electron chi connectivity index (χ1n) is 8.87. The van der Waals surface area contributed by atoms with E-state index in [4.69, 9.17) is 14.4 Å². The SMILES string of the molecule is COC(=O)N(OC)c1ccccc1CO/N=C(\C)[C@@H]1C[C@H]1c1ccccc1. The maximum Gasteiger partial charge on any atom is 0.438 e. The van der Waals surface area contributed by atoms with Crippen molar-refractivity contribution in [2.45, 2.75) is 25.9 Å². The highest BCUT2D eigenvalue weighted by atomic mass is 16.7. The number of ether oxygens (including phenoxy) is 1. The minimum atomic E-state index is -0.603. The highest BCUT2D eigenvalue weighted by Crippen LogP contribution is 2.48. The Labute approximate surface area is 159 Å². The Morgan fingerprint density at radius 3 is 2.52 bits per heavy atom. The molecule has 27 heavy (non-hydrogen) atoms. The van der Waals surface area contributed by atoms with Crippen molar-refractivity contribution >= 4 is 17.5 Å². The molecular weight excluding hydrogens is 344 g/mol. The number of oxime groups is 1. The lowest BCUT2D eigenvalue weighted by Crippen LogP contribution is -2.30. The topological polar surface area (TPSA) is 60.4 Å². The minimum absolute atomic E-state index is 0.229. The lowest BCUT2D eigenvalue weighted by Gasteiger charge is -2.20. The van der Waals surface area contributed by atoms with E-state index < -0.39 is 6.09 Å². The molecule has 0 N–H and O–H groups in total. The van der Waals surface area contributed by atoms with E-state index in [0.29, 0.717) is 17.5 Å². The lowest BCUT2D eigenvalue weighted by molar-refractivity contribution is 0.111. The van der Waals surface area contributed by atoms with Crippen molar-refractivity contribution in [1.29, 1.82) is 0 Å². The van der Waals surface area contributed by atoms with Gasteiger partial charge in [-0.1, -0.05) is 53.7 Å². The van der Waals surface area contributed by atoms with E-state index in [2.05, 4.69) is 29.4 Å². The van der Waals surface area contributed by atoms with Crippen LogP contribution in [0.4, 0.5) is 10.5 Å². The van der Waals surface area contributed by atoms with E-state index in [9.17, 15) is 4.79 Å². The molecule has 1 saturated carbocycles. The van der Waals surface area contributed by atoms with Gasteiger partial charge in [0.2, 0.25) is 0 Å². The molecular formula is C21H24N2O4. The first-order chi connectivity index (χ1) is 13.2. The van der Waals surface area contributed by atoms with Crippen molar-refractivity contribution in [3.8, 4) is 0 Å². The van der Waals surface area contributed by atoms with Gasteiger partial charge in [-0.2, -0.15) is 5.06 Å². The molecule has 142 valence electrons. The molecule has 2 aromatic rings. The summed E-state index contributed by atoms with van der Waals surface area (Å²) in [6, 6.07) is 17.8. The Bertz CT molecular complexity index is 807. The van der Waals surface area contributed by atoms with Crippen molar-refractivity contribution in [2.24, 2.45) is 11.1 Å². The van der Waals surface area contributed by atoms with E-state index in [0.717, 1.165) is 22.8 Å². The summed E-state index contributed by atoms with van der Waals surface area (Å²) in [6.07, 6.45) is 0.493. The molecule has 0 bridgehead atoms. The molecule has 0 radical (unpaired) electrons. The third kappa shape index (κ3) is 4.46. The van der Waals surface area contributed by atoms with E-state index in [1.165, 1.54) is 19.8 Å². The third-order valence-corrected chi connectivity index (χ3v) is 4.72. The van der Waals surface area contributed by atoms with Crippen molar-refractivity contribution in [3.05, 3.63) is 65.7 Å².